The Kier molecular flexibility index (Phi) is 7.14. The van der Waals surface area contributed by atoms with Gasteiger partial charge in [0.2, 0.25) is 0 Å². The van der Waals surface area contributed by atoms with Gasteiger partial charge in [-0.1, -0.05) is 52.9 Å². The molecule has 0 radical (unpaired) electrons. The van der Waals surface area contributed by atoms with Crippen LogP contribution in [-0.4, -0.2) is 25.8 Å². The first-order valence-electron chi connectivity index (χ1n) is 7.50. The van der Waals surface area contributed by atoms with Crippen LogP contribution in [0.25, 0.3) is 0 Å². The van der Waals surface area contributed by atoms with Crippen LogP contribution >= 0.6 is 0 Å². The highest BCUT2D eigenvalue weighted by Crippen LogP contribution is 2.34. The highest BCUT2D eigenvalue weighted by Gasteiger charge is 2.33. The summed E-state index contributed by atoms with van der Waals surface area (Å²) in [5.74, 6) is 0. The Morgan fingerprint density at radius 3 is 2.53 bits per heavy atom. The van der Waals surface area contributed by atoms with Crippen LogP contribution in [0.1, 0.15) is 65.7 Å². The highest BCUT2D eigenvalue weighted by atomic mass is 16.5. The molecule has 1 N–H and O–H groups in total. The quantitative estimate of drug-likeness (QED) is 0.621. The predicted molar refractivity (Wildman–Crippen MR) is 74.4 cm³/mol. The molecule has 0 aromatic heterocycles. The average molecular weight is 241 g/mol. The third-order valence-corrected chi connectivity index (χ3v) is 3.88. The Morgan fingerprint density at radius 1 is 1.18 bits per heavy atom. The van der Waals surface area contributed by atoms with E-state index in [0.717, 1.165) is 19.8 Å². The summed E-state index contributed by atoms with van der Waals surface area (Å²) in [6.45, 7) is 9.81. The molecule has 1 atom stereocenters. The highest BCUT2D eigenvalue weighted by molar-refractivity contribution is 4.85. The fraction of sp³-hybridized carbons (Fsp3) is 1.00. The van der Waals surface area contributed by atoms with Crippen LogP contribution in [0.15, 0.2) is 0 Å². The maximum atomic E-state index is 5.63. The van der Waals surface area contributed by atoms with E-state index in [-0.39, 0.29) is 0 Å². The topological polar surface area (TPSA) is 21.3 Å². The van der Waals surface area contributed by atoms with Crippen molar-refractivity contribution in [3.8, 4) is 0 Å². The van der Waals surface area contributed by atoms with Gasteiger partial charge in [-0.15, -0.1) is 0 Å². The van der Waals surface area contributed by atoms with Gasteiger partial charge in [-0.3, -0.25) is 0 Å². The summed E-state index contributed by atoms with van der Waals surface area (Å²) in [6, 6.07) is 0.590. The van der Waals surface area contributed by atoms with E-state index in [1.165, 1.54) is 44.9 Å². The third kappa shape index (κ3) is 5.87. The standard InChI is InChI=1S/C15H31NO/c1-4-5-6-7-8-9-15(10-11-17-13-15)12-16-14(2)3/h14,16H,4-13H2,1-3H3. The van der Waals surface area contributed by atoms with Crippen molar-refractivity contribution >= 4 is 0 Å². The van der Waals surface area contributed by atoms with Crippen LogP contribution < -0.4 is 5.32 Å². The summed E-state index contributed by atoms with van der Waals surface area (Å²) in [7, 11) is 0. The van der Waals surface area contributed by atoms with Crippen molar-refractivity contribution in [2.75, 3.05) is 19.8 Å². The van der Waals surface area contributed by atoms with E-state index in [9.17, 15) is 0 Å². The monoisotopic (exact) mass is 241 g/mol. The zero-order valence-electron chi connectivity index (χ0n) is 12.1. The zero-order chi connectivity index (χ0) is 12.6. The van der Waals surface area contributed by atoms with E-state index in [1.54, 1.807) is 0 Å². The molecule has 1 aliphatic heterocycles. The number of hydrogen-bond donors (Lipinski definition) is 1. The van der Waals surface area contributed by atoms with Gasteiger partial charge in [0.05, 0.1) is 6.61 Å². The molecule has 0 aromatic rings. The number of nitrogens with one attached hydrogen (secondary N) is 1. The van der Waals surface area contributed by atoms with Crippen LogP contribution in [0.3, 0.4) is 0 Å². The van der Waals surface area contributed by atoms with Gasteiger partial charge in [-0.2, -0.15) is 0 Å². The van der Waals surface area contributed by atoms with Crippen molar-refractivity contribution in [3.05, 3.63) is 0 Å². The van der Waals surface area contributed by atoms with E-state index in [0.29, 0.717) is 11.5 Å². The van der Waals surface area contributed by atoms with Gasteiger partial charge in [0.25, 0.3) is 0 Å². The number of rotatable bonds is 9. The van der Waals surface area contributed by atoms with Crippen molar-refractivity contribution in [1.29, 1.82) is 0 Å². The normalized spacial score (nSPS) is 24.7. The van der Waals surface area contributed by atoms with Crippen molar-refractivity contribution < 1.29 is 4.74 Å². The van der Waals surface area contributed by atoms with Crippen molar-refractivity contribution in [2.45, 2.75) is 71.8 Å². The Hall–Kier alpha value is -0.0800. The first kappa shape index (κ1) is 15.0. The van der Waals surface area contributed by atoms with Gasteiger partial charge in [0.1, 0.15) is 0 Å². The van der Waals surface area contributed by atoms with Gasteiger partial charge in [-0.25, -0.2) is 0 Å². The Bertz CT molecular complexity index is 185. The predicted octanol–water partition coefficient (Wildman–Crippen LogP) is 3.75. The Labute approximate surface area is 108 Å². The molecule has 0 saturated carbocycles. The molecule has 0 amide bonds. The average Bonchev–Trinajstić information content (AvgIpc) is 2.76. The first-order chi connectivity index (χ1) is 8.18. The minimum atomic E-state index is 0.441. The van der Waals surface area contributed by atoms with E-state index in [2.05, 4.69) is 26.1 Å². The molecule has 0 aliphatic carbocycles. The molecule has 1 aliphatic rings. The van der Waals surface area contributed by atoms with Gasteiger partial charge < -0.3 is 10.1 Å². The van der Waals surface area contributed by atoms with Gasteiger partial charge in [-0.05, 0) is 12.8 Å². The second kappa shape index (κ2) is 8.10. The van der Waals surface area contributed by atoms with Gasteiger partial charge >= 0.3 is 0 Å². The summed E-state index contributed by atoms with van der Waals surface area (Å²) in [6.07, 6.45) is 9.51. The van der Waals surface area contributed by atoms with E-state index >= 15 is 0 Å². The smallest absolute Gasteiger partial charge is 0.0535 e. The SMILES string of the molecule is CCCCCCCC1(CNC(C)C)CCOC1. The minimum Gasteiger partial charge on any atom is -0.381 e. The number of unbranched alkanes of at least 4 members (excludes halogenated alkanes) is 4. The molecule has 0 spiro atoms. The first-order valence-corrected chi connectivity index (χ1v) is 7.50. The lowest BCUT2D eigenvalue weighted by Gasteiger charge is -2.29. The zero-order valence-corrected chi connectivity index (χ0v) is 12.1. The molecule has 1 saturated heterocycles. The fourth-order valence-electron chi connectivity index (χ4n) is 2.60. The summed E-state index contributed by atoms with van der Waals surface area (Å²) < 4.78 is 5.63. The molecule has 1 rings (SSSR count). The molecule has 2 nitrogen and oxygen atoms in total. The number of ether oxygens (including phenoxy) is 1. The van der Waals surface area contributed by atoms with Crippen LogP contribution in [0.5, 0.6) is 0 Å². The lowest BCUT2D eigenvalue weighted by atomic mass is 9.81. The van der Waals surface area contributed by atoms with Crippen LogP contribution in [-0.2, 0) is 4.74 Å². The van der Waals surface area contributed by atoms with E-state index < -0.39 is 0 Å². The summed E-state index contributed by atoms with van der Waals surface area (Å²) in [4.78, 5) is 0. The maximum Gasteiger partial charge on any atom is 0.0535 e. The third-order valence-electron chi connectivity index (χ3n) is 3.88. The maximum absolute atomic E-state index is 5.63. The fourth-order valence-corrected chi connectivity index (χ4v) is 2.60. The molecule has 1 fully saturated rings. The van der Waals surface area contributed by atoms with Crippen molar-refractivity contribution in [3.63, 3.8) is 0 Å². The number of hydrogen-bond acceptors (Lipinski definition) is 2. The molecular formula is C15H31NO. The summed E-state index contributed by atoms with van der Waals surface area (Å²) >= 11 is 0. The largest absolute Gasteiger partial charge is 0.381 e. The lowest BCUT2D eigenvalue weighted by molar-refractivity contribution is 0.140. The Morgan fingerprint density at radius 2 is 1.94 bits per heavy atom. The molecule has 0 aromatic carbocycles. The molecule has 102 valence electrons. The van der Waals surface area contributed by atoms with Crippen molar-refractivity contribution in [1.82, 2.24) is 5.32 Å². The summed E-state index contributed by atoms with van der Waals surface area (Å²) in [5.41, 5.74) is 0.441. The summed E-state index contributed by atoms with van der Waals surface area (Å²) in [5, 5.41) is 3.60. The second-order valence-corrected chi connectivity index (χ2v) is 6.00. The van der Waals surface area contributed by atoms with Gasteiger partial charge in [0.15, 0.2) is 0 Å². The Balaban J connectivity index is 2.22. The molecule has 1 heterocycles. The van der Waals surface area contributed by atoms with E-state index in [1.807, 2.05) is 0 Å². The van der Waals surface area contributed by atoms with Crippen molar-refractivity contribution in [2.24, 2.45) is 5.41 Å². The molecule has 2 heteroatoms. The molecule has 0 bridgehead atoms. The second-order valence-electron chi connectivity index (χ2n) is 6.00. The molecule has 1 unspecified atom stereocenters. The lowest BCUT2D eigenvalue weighted by Crippen LogP contribution is -2.38. The minimum absolute atomic E-state index is 0.441. The molecule has 17 heavy (non-hydrogen) atoms. The molecular weight excluding hydrogens is 210 g/mol. The van der Waals surface area contributed by atoms with Crippen LogP contribution in [0.4, 0.5) is 0 Å². The van der Waals surface area contributed by atoms with Crippen LogP contribution in [0.2, 0.25) is 0 Å². The van der Waals surface area contributed by atoms with Crippen LogP contribution in [0, 0.1) is 5.41 Å². The van der Waals surface area contributed by atoms with Gasteiger partial charge in [0, 0.05) is 24.6 Å². The van der Waals surface area contributed by atoms with E-state index in [4.69, 9.17) is 4.74 Å².